The molecule has 0 spiro atoms. The minimum atomic E-state index is 0.595. The van der Waals surface area contributed by atoms with Crippen molar-refractivity contribution in [2.75, 3.05) is 0 Å². The molecular weight excluding hydrogens is 256 g/mol. The summed E-state index contributed by atoms with van der Waals surface area (Å²) in [6, 6.07) is 0. The van der Waals surface area contributed by atoms with E-state index in [1.54, 1.807) is 0 Å². The first-order valence-electron chi connectivity index (χ1n) is 9.15. The van der Waals surface area contributed by atoms with Gasteiger partial charge in [0.1, 0.15) is 5.82 Å². The molecule has 0 aliphatic heterocycles. The lowest BCUT2D eigenvalue weighted by Crippen LogP contribution is -2.02. The average Bonchev–Trinajstić information content (AvgIpc) is 2.79. The summed E-state index contributed by atoms with van der Waals surface area (Å²) in [6.45, 7) is 6.68. The number of rotatable bonds is 12. The van der Waals surface area contributed by atoms with Crippen molar-refractivity contribution in [1.82, 2.24) is 9.55 Å². The molecule has 21 heavy (non-hydrogen) atoms. The molecule has 0 radical (unpaired) electrons. The molecule has 2 heteroatoms. The zero-order chi connectivity index (χ0) is 15.5. The highest BCUT2D eigenvalue weighted by Gasteiger charge is 2.11. The monoisotopic (exact) mass is 292 g/mol. The van der Waals surface area contributed by atoms with Crippen LogP contribution in [0, 0.1) is 6.92 Å². The quantitative estimate of drug-likeness (QED) is 0.423. The van der Waals surface area contributed by atoms with Crippen molar-refractivity contribution in [3.05, 3.63) is 17.7 Å². The van der Waals surface area contributed by atoms with Crippen molar-refractivity contribution < 1.29 is 0 Å². The SMILES string of the molecule is CCCCCCCCCCCCC(C)c1nc(C)cn1C. The Labute approximate surface area is 132 Å². The van der Waals surface area contributed by atoms with Gasteiger partial charge < -0.3 is 4.57 Å². The Kier molecular flexibility index (Phi) is 9.45. The Morgan fingerprint density at radius 1 is 0.952 bits per heavy atom. The van der Waals surface area contributed by atoms with E-state index in [1.165, 1.54) is 76.5 Å². The van der Waals surface area contributed by atoms with Gasteiger partial charge in [-0.2, -0.15) is 0 Å². The second-order valence-electron chi connectivity index (χ2n) is 6.72. The second-order valence-corrected chi connectivity index (χ2v) is 6.72. The second kappa shape index (κ2) is 10.9. The zero-order valence-corrected chi connectivity index (χ0v) is 14.8. The minimum Gasteiger partial charge on any atom is -0.338 e. The van der Waals surface area contributed by atoms with Crippen LogP contribution in [0.15, 0.2) is 6.20 Å². The van der Waals surface area contributed by atoms with Crippen LogP contribution in [0.5, 0.6) is 0 Å². The molecule has 122 valence electrons. The van der Waals surface area contributed by atoms with E-state index in [0.29, 0.717) is 5.92 Å². The number of aryl methyl sites for hydroxylation is 2. The Bertz CT molecular complexity index is 368. The summed E-state index contributed by atoms with van der Waals surface area (Å²) in [5, 5.41) is 0. The molecule has 1 aromatic rings. The van der Waals surface area contributed by atoms with Crippen LogP contribution in [-0.2, 0) is 7.05 Å². The molecule has 0 amide bonds. The maximum atomic E-state index is 4.64. The summed E-state index contributed by atoms with van der Waals surface area (Å²) >= 11 is 0. The van der Waals surface area contributed by atoms with Crippen molar-refractivity contribution >= 4 is 0 Å². The Hall–Kier alpha value is -0.790. The molecule has 1 unspecified atom stereocenters. The third-order valence-corrected chi connectivity index (χ3v) is 4.46. The maximum Gasteiger partial charge on any atom is 0.111 e. The van der Waals surface area contributed by atoms with Crippen LogP contribution in [-0.4, -0.2) is 9.55 Å². The number of hydrogen-bond acceptors (Lipinski definition) is 1. The highest BCUT2D eigenvalue weighted by Crippen LogP contribution is 2.21. The first-order valence-corrected chi connectivity index (χ1v) is 9.15. The molecule has 0 bridgehead atoms. The van der Waals surface area contributed by atoms with Gasteiger partial charge in [0.2, 0.25) is 0 Å². The summed E-state index contributed by atoms with van der Waals surface area (Å²) in [6.07, 6.45) is 17.6. The van der Waals surface area contributed by atoms with Crippen LogP contribution in [0.2, 0.25) is 0 Å². The molecule has 0 saturated carbocycles. The van der Waals surface area contributed by atoms with E-state index < -0.39 is 0 Å². The number of unbranched alkanes of at least 4 members (excludes halogenated alkanes) is 9. The van der Waals surface area contributed by atoms with E-state index in [0.717, 1.165) is 5.69 Å². The molecule has 0 aromatic carbocycles. The van der Waals surface area contributed by atoms with Crippen molar-refractivity contribution in [3.63, 3.8) is 0 Å². The summed E-state index contributed by atoms with van der Waals surface area (Å²) in [7, 11) is 2.12. The van der Waals surface area contributed by atoms with E-state index in [2.05, 4.69) is 43.6 Å². The topological polar surface area (TPSA) is 17.8 Å². The fraction of sp³-hybridized carbons (Fsp3) is 0.842. The van der Waals surface area contributed by atoms with Gasteiger partial charge in [-0.3, -0.25) is 0 Å². The summed E-state index contributed by atoms with van der Waals surface area (Å²) < 4.78 is 2.19. The third kappa shape index (κ3) is 7.68. The van der Waals surface area contributed by atoms with Gasteiger partial charge in [-0.25, -0.2) is 4.98 Å². The van der Waals surface area contributed by atoms with Gasteiger partial charge in [-0.1, -0.05) is 78.1 Å². The third-order valence-electron chi connectivity index (χ3n) is 4.46. The van der Waals surface area contributed by atoms with E-state index in [1.807, 2.05) is 0 Å². The zero-order valence-electron chi connectivity index (χ0n) is 14.8. The predicted octanol–water partition coefficient (Wildman–Crippen LogP) is 6.14. The van der Waals surface area contributed by atoms with Crippen LogP contribution in [0.4, 0.5) is 0 Å². The molecule has 0 fully saturated rings. The Balaban J connectivity index is 1.98. The lowest BCUT2D eigenvalue weighted by atomic mass is 10.0. The fourth-order valence-electron chi connectivity index (χ4n) is 3.16. The van der Waals surface area contributed by atoms with E-state index >= 15 is 0 Å². The molecular formula is C19H36N2. The Morgan fingerprint density at radius 2 is 1.48 bits per heavy atom. The van der Waals surface area contributed by atoms with Crippen LogP contribution in [0.25, 0.3) is 0 Å². The molecule has 1 atom stereocenters. The number of hydrogen-bond donors (Lipinski definition) is 0. The average molecular weight is 293 g/mol. The molecule has 0 N–H and O–H groups in total. The predicted molar refractivity (Wildman–Crippen MR) is 92.8 cm³/mol. The van der Waals surface area contributed by atoms with E-state index in [9.17, 15) is 0 Å². The lowest BCUT2D eigenvalue weighted by molar-refractivity contribution is 0.522. The van der Waals surface area contributed by atoms with Gasteiger partial charge in [0, 0.05) is 19.2 Å². The first-order chi connectivity index (χ1) is 10.1. The van der Waals surface area contributed by atoms with Crippen molar-refractivity contribution in [1.29, 1.82) is 0 Å². The smallest absolute Gasteiger partial charge is 0.111 e. The van der Waals surface area contributed by atoms with Crippen molar-refractivity contribution in [2.24, 2.45) is 7.05 Å². The van der Waals surface area contributed by atoms with Gasteiger partial charge in [-0.15, -0.1) is 0 Å². The molecule has 2 nitrogen and oxygen atoms in total. The molecule has 1 aromatic heterocycles. The van der Waals surface area contributed by atoms with Crippen molar-refractivity contribution in [2.45, 2.75) is 97.3 Å². The molecule has 0 saturated heterocycles. The number of nitrogens with zero attached hydrogens (tertiary/aromatic N) is 2. The van der Waals surface area contributed by atoms with Gasteiger partial charge in [0.05, 0.1) is 5.69 Å². The Morgan fingerprint density at radius 3 is 1.95 bits per heavy atom. The number of aromatic nitrogens is 2. The standard InChI is InChI=1S/C19H36N2/c1-5-6-7-8-9-10-11-12-13-14-15-17(2)19-20-18(3)16-21(19)4/h16-17H,5-15H2,1-4H3. The highest BCUT2D eigenvalue weighted by atomic mass is 15.0. The molecule has 1 heterocycles. The molecule has 0 aliphatic carbocycles. The van der Waals surface area contributed by atoms with Gasteiger partial charge in [0.25, 0.3) is 0 Å². The number of imidazole rings is 1. The largest absolute Gasteiger partial charge is 0.338 e. The normalized spacial score (nSPS) is 12.8. The summed E-state index contributed by atoms with van der Waals surface area (Å²) in [5.41, 5.74) is 1.14. The van der Waals surface area contributed by atoms with Crippen molar-refractivity contribution in [3.8, 4) is 0 Å². The van der Waals surface area contributed by atoms with Gasteiger partial charge >= 0.3 is 0 Å². The molecule has 0 aliphatic rings. The lowest BCUT2D eigenvalue weighted by Gasteiger charge is -2.11. The summed E-state index contributed by atoms with van der Waals surface area (Å²) in [5.74, 6) is 1.85. The van der Waals surface area contributed by atoms with Crippen LogP contribution < -0.4 is 0 Å². The van der Waals surface area contributed by atoms with Gasteiger partial charge in [-0.05, 0) is 13.3 Å². The highest BCUT2D eigenvalue weighted by molar-refractivity contribution is 5.05. The van der Waals surface area contributed by atoms with Crippen LogP contribution in [0.1, 0.15) is 102 Å². The van der Waals surface area contributed by atoms with Crippen LogP contribution >= 0.6 is 0 Å². The summed E-state index contributed by atoms with van der Waals surface area (Å²) in [4.78, 5) is 4.64. The van der Waals surface area contributed by atoms with E-state index in [4.69, 9.17) is 0 Å². The van der Waals surface area contributed by atoms with E-state index in [-0.39, 0.29) is 0 Å². The fourth-order valence-corrected chi connectivity index (χ4v) is 3.16. The van der Waals surface area contributed by atoms with Crippen LogP contribution in [0.3, 0.4) is 0 Å². The first kappa shape index (κ1) is 18.3. The maximum absolute atomic E-state index is 4.64. The molecule has 1 rings (SSSR count). The van der Waals surface area contributed by atoms with Gasteiger partial charge in [0.15, 0.2) is 0 Å². The minimum absolute atomic E-state index is 0.595.